The Hall–Kier alpha value is -3.41. The van der Waals surface area contributed by atoms with E-state index in [1.807, 2.05) is 19.1 Å². The van der Waals surface area contributed by atoms with Crippen molar-refractivity contribution in [3.63, 3.8) is 0 Å². The zero-order chi connectivity index (χ0) is 19.0. The number of rotatable bonds is 4. The van der Waals surface area contributed by atoms with E-state index in [4.69, 9.17) is 0 Å². The quantitative estimate of drug-likeness (QED) is 0.722. The van der Waals surface area contributed by atoms with Crippen LogP contribution in [0.5, 0.6) is 0 Å². The fraction of sp³-hybridized carbons (Fsp3) is 0.190. The molecule has 136 valence electrons. The minimum absolute atomic E-state index is 0.204. The zero-order valence-electron chi connectivity index (χ0n) is 15.2. The third-order valence-corrected chi connectivity index (χ3v) is 4.70. The normalized spacial score (nSPS) is 15.5. The molecule has 0 saturated carbocycles. The largest absolute Gasteiger partial charge is 0.478 e. The molecule has 0 radical (unpaired) electrons. The zero-order valence-corrected chi connectivity index (χ0v) is 15.2. The number of aromatic carboxylic acids is 1. The second kappa shape index (κ2) is 6.72. The molecular formula is C21H20N4O2. The summed E-state index contributed by atoms with van der Waals surface area (Å²) >= 11 is 0. The maximum absolute atomic E-state index is 11.5. The molecule has 4 rings (SSSR count). The number of nitrogens with zero attached hydrogens (tertiary/aromatic N) is 3. The van der Waals surface area contributed by atoms with Gasteiger partial charge in [-0.3, -0.25) is 0 Å². The highest BCUT2D eigenvalue weighted by atomic mass is 16.4. The second-order valence-electron chi connectivity index (χ2n) is 6.69. The van der Waals surface area contributed by atoms with E-state index in [0.717, 1.165) is 17.9 Å². The van der Waals surface area contributed by atoms with Gasteiger partial charge in [0.25, 0.3) is 0 Å². The molecule has 1 unspecified atom stereocenters. The van der Waals surface area contributed by atoms with Crippen molar-refractivity contribution in [2.45, 2.75) is 26.3 Å². The lowest BCUT2D eigenvalue weighted by Crippen LogP contribution is -2.25. The number of benzene rings is 2. The van der Waals surface area contributed by atoms with Crippen molar-refractivity contribution in [2.75, 3.05) is 10.2 Å². The van der Waals surface area contributed by atoms with Crippen molar-refractivity contribution in [2.24, 2.45) is 0 Å². The molecule has 27 heavy (non-hydrogen) atoms. The van der Waals surface area contributed by atoms with Crippen LogP contribution in [0.15, 0.2) is 54.6 Å². The highest BCUT2D eigenvalue weighted by Gasteiger charge is 2.28. The van der Waals surface area contributed by atoms with Crippen LogP contribution in [0.2, 0.25) is 0 Å². The van der Waals surface area contributed by atoms with Crippen molar-refractivity contribution in [3.05, 3.63) is 71.5 Å². The van der Waals surface area contributed by atoms with Gasteiger partial charge in [0.15, 0.2) is 0 Å². The average Bonchev–Trinajstić information content (AvgIpc) is 2.97. The van der Waals surface area contributed by atoms with E-state index in [1.54, 1.807) is 24.3 Å². The van der Waals surface area contributed by atoms with Crippen LogP contribution in [0.1, 0.15) is 28.7 Å². The van der Waals surface area contributed by atoms with E-state index >= 15 is 0 Å². The van der Waals surface area contributed by atoms with Gasteiger partial charge < -0.3 is 15.3 Å². The summed E-state index contributed by atoms with van der Waals surface area (Å²) in [4.78, 5) is 22.7. The summed E-state index contributed by atoms with van der Waals surface area (Å²) in [7, 11) is 0. The Morgan fingerprint density at radius 1 is 1.15 bits per heavy atom. The van der Waals surface area contributed by atoms with Gasteiger partial charge >= 0.3 is 5.97 Å². The van der Waals surface area contributed by atoms with Crippen molar-refractivity contribution in [1.29, 1.82) is 0 Å². The number of hydrogen-bond donors (Lipinski definition) is 2. The average molecular weight is 360 g/mol. The number of aromatic nitrogens is 2. The molecule has 0 spiro atoms. The molecule has 0 amide bonds. The standard InChI is InChI=1S/C21H20N4O2/c1-13-11-15-7-3-6-10-18(15)25(13)20-12-19(22-14(2)23-20)24-17-9-5-4-8-16(17)21(26)27/h3-10,12-13H,11H2,1-2H3,(H,26,27)(H,22,23,24). The summed E-state index contributed by atoms with van der Waals surface area (Å²) in [6.45, 7) is 4.01. The van der Waals surface area contributed by atoms with Gasteiger partial charge in [0.1, 0.15) is 17.5 Å². The highest BCUT2D eigenvalue weighted by molar-refractivity contribution is 5.95. The Kier molecular flexibility index (Phi) is 4.24. The Labute approximate surface area is 157 Å². The highest BCUT2D eigenvalue weighted by Crippen LogP contribution is 2.38. The number of hydrogen-bond acceptors (Lipinski definition) is 5. The molecule has 6 heteroatoms. The van der Waals surface area contributed by atoms with Crippen LogP contribution >= 0.6 is 0 Å². The van der Waals surface area contributed by atoms with Crippen molar-refractivity contribution in [1.82, 2.24) is 9.97 Å². The molecule has 0 fully saturated rings. The topological polar surface area (TPSA) is 78.3 Å². The fourth-order valence-corrected chi connectivity index (χ4v) is 3.57. The number of carboxylic acids is 1. The van der Waals surface area contributed by atoms with Crippen LogP contribution in [0.25, 0.3) is 0 Å². The van der Waals surface area contributed by atoms with Gasteiger partial charge in [-0.25, -0.2) is 14.8 Å². The molecule has 1 atom stereocenters. The maximum Gasteiger partial charge on any atom is 0.337 e. The summed E-state index contributed by atoms with van der Waals surface area (Å²) in [6.07, 6.45) is 0.962. The van der Waals surface area contributed by atoms with Crippen LogP contribution in [0, 0.1) is 6.92 Å². The minimum Gasteiger partial charge on any atom is -0.478 e. The lowest BCUT2D eigenvalue weighted by atomic mass is 10.1. The molecule has 2 heterocycles. The van der Waals surface area contributed by atoms with Gasteiger partial charge in [-0.1, -0.05) is 30.3 Å². The van der Waals surface area contributed by atoms with Gasteiger partial charge in [0.2, 0.25) is 0 Å². The number of fused-ring (bicyclic) bond motifs is 1. The molecule has 3 aromatic rings. The second-order valence-corrected chi connectivity index (χ2v) is 6.69. The summed E-state index contributed by atoms with van der Waals surface area (Å²) in [5, 5.41) is 12.5. The number of para-hydroxylation sites is 2. The van der Waals surface area contributed by atoms with Crippen molar-refractivity contribution < 1.29 is 9.90 Å². The first-order chi connectivity index (χ1) is 13.0. The Morgan fingerprint density at radius 2 is 1.89 bits per heavy atom. The van der Waals surface area contributed by atoms with E-state index in [1.165, 1.54) is 5.56 Å². The molecular weight excluding hydrogens is 340 g/mol. The maximum atomic E-state index is 11.5. The summed E-state index contributed by atoms with van der Waals surface area (Å²) in [5.41, 5.74) is 3.16. The van der Waals surface area contributed by atoms with Gasteiger partial charge in [-0.05, 0) is 44.0 Å². The predicted octanol–water partition coefficient (Wildman–Crippen LogP) is 4.31. The number of nitrogens with one attached hydrogen (secondary N) is 1. The van der Waals surface area contributed by atoms with Crippen LogP contribution in [0.4, 0.5) is 23.0 Å². The molecule has 1 aliphatic heterocycles. The van der Waals surface area contributed by atoms with E-state index in [0.29, 0.717) is 17.3 Å². The van der Waals surface area contributed by atoms with Gasteiger partial charge in [-0.2, -0.15) is 0 Å². The molecule has 2 aromatic carbocycles. The lowest BCUT2D eigenvalue weighted by molar-refractivity contribution is 0.0698. The smallest absolute Gasteiger partial charge is 0.337 e. The Morgan fingerprint density at radius 3 is 2.70 bits per heavy atom. The van der Waals surface area contributed by atoms with Crippen molar-refractivity contribution in [3.8, 4) is 0 Å². The minimum atomic E-state index is -0.980. The Balaban J connectivity index is 1.72. The molecule has 0 bridgehead atoms. The molecule has 0 aliphatic carbocycles. The summed E-state index contributed by atoms with van der Waals surface area (Å²) < 4.78 is 0. The monoisotopic (exact) mass is 360 g/mol. The molecule has 0 saturated heterocycles. The van der Waals surface area contributed by atoms with Crippen LogP contribution in [0.3, 0.4) is 0 Å². The van der Waals surface area contributed by atoms with Crippen LogP contribution < -0.4 is 10.2 Å². The Bertz CT molecular complexity index is 1020. The molecule has 1 aliphatic rings. The first-order valence-electron chi connectivity index (χ1n) is 8.85. The van der Waals surface area contributed by atoms with Crippen molar-refractivity contribution >= 4 is 29.0 Å². The third kappa shape index (κ3) is 3.21. The van der Waals surface area contributed by atoms with Gasteiger partial charge in [0, 0.05) is 17.8 Å². The third-order valence-electron chi connectivity index (χ3n) is 4.70. The molecule has 1 aromatic heterocycles. The van der Waals surface area contributed by atoms with Crippen LogP contribution in [-0.2, 0) is 6.42 Å². The van der Waals surface area contributed by atoms with Gasteiger partial charge in [0.05, 0.1) is 11.3 Å². The van der Waals surface area contributed by atoms with E-state index in [9.17, 15) is 9.90 Å². The first-order valence-corrected chi connectivity index (χ1v) is 8.85. The number of aryl methyl sites for hydroxylation is 1. The SMILES string of the molecule is Cc1nc(Nc2ccccc2C(=O)O)cc(N2c3ccccc3CC2C)n1. The molecule has 2 N–H and O–H groups in total. The summed E-state index contributed by atoms with van der Waals surface area (Å²) in [5.74, 6) is 1.02. The number of anilines is 4. The van der Waals surface area contributed by atoms with Crippen LogP contribution in [-0.4, -0.2) is 27.1 Å². The van der Waals surface area contributed by atoms with Gasteiger partial charge in [-0.15, -0.1) is 0 Å². The van der Waals surface area contributed by atoms with E-state index in [-0.39, 0.29) is 11.6 Å². The first kappa shape index (κ1) is 17.0. The van der Waals surface area contributed by atoms with E-state index in [2.05, 4.69) is 45.3 Å². The summed E-state index contributed by atoms with van der Waals surface area (Å²) in [6, 6.07) is 17.3. The number of carboxylic acid groups (broad SMARTS) is 1. The molecule has 6 nitrogen and oxygen atoms in total. The lowest BCUT2D eigenvalue weighted by Gasteiger charge is -2.24. The van der Waals surface area contributed by atoms with E-state index < -0.39 is 5.97 Å². The number of carbonyl (C=O) groups is 1. The predicted molar refractivity (Wildman–Crippen MR) is 105 cm³/mol. The fourth-order valence-electron chi connectivity index (χ4n) is 3.57.